The van der Waals surface area contributed by atoms with Crippen LogP contribution in [0.4, 0.5) is 0 Å². The van der Waals surface area contributed by atoms with E-state index in [1.54, 1.807) is 57.6 Å². The Kier molecular flexibility index (Phi) is 4.81. The SMILES string of the molecule is COc1ccc(OC)c(/C=C2\Oc3cc(OCC#N)cc(C)c3C2=O)c1. The number of fused-ring (bicyclic) bond motifs is 1. The number of rotatable bonds is 5. The van der Waals surface area contributed by atoms with E-state index in [-0.39, 0.29) is 18.1 Å². The molecule has 1 aliphatic heterocycles. The Bertz CT molecular complexity index is 940. The lowest BCUT2D eigenvalue weighted by Gasteiger charge is -2.08. The number of hydrogen-bond donors (Lipinski definition) is 0. The number of Topliss-reactive ketones (excluding diaryl/α,β-unsaturated/α-hetero) is 1. The van der Waals surface area contributed by atoms with Gasteiger partial charge in [0.2, 0.25) is 5.78 Å². The molecule has 6 heteroatoms. The summed E-state index contributed by atoms with van der Waals surface area (Å²) in [6.45, 7) is 1.73. The number of benzene rings is 2. The van der Waals surface area contributed by atoms with E-state index < -0.39 is 0 Å². The Morgan fingerprint density at radius 3 is 2.65 bits per heavy atom. The number of methoxy groups -OCH3 is 2. The molecule has 132 valence electrons. The summed E-state index contributed by atoms with van der Waals surface area (Å²) in [5.74, 6) is 2.11. The van der Waals surface area contributed by atoms with Crippen molar-refractivity contribution >= 4 is 11.9 Å². The maximum absolute atomic E-state index is 12.7. The monoisotopic (exact) mass is 351 g/mol. The normalized spacial score (nSPS) is 13.8. The van der Waals surface area contributed by atoms with Crippen LogP contribution in [0.3, 0.4) is 0 Å². The van der Waals surface area contributed by atoms with E-state index in [1.165, 1.54) is 0 Å². The lowest BCUT2D eigenvalue weighted by atomic mass is 10.0. The van der Waals surface area contributed by atoms with E-state index in [4.69, 9.17) is 24.2 Å². The van der Waals surface area contributed by atoms with Crippen molar-refractivity contribution < 1.29 is 23.7 Å². The van der Waals surface area contributed by atoms with Gasteiger partial charge in [-0.3, -0.25) is 4.79 Å². The highest BCUT2D eigenvalue weighted by Gasteiger charge is 2.30. The fraction of sp³-hybridized carbons (Fsp3) is 0.200. The minimum atomic E-state index is -0.214. The van der Waals surface area contributed by atoms with Crippen molar-refractivity contribution in [3.63, 3.8) is 0 Å². The molecule has 0 saturated carbocycles. The summed E-state index contributed by atoms with van der Waals surface area (Å²) < 4.78 is 21.6. The van der Waals surface area contributed by atoms with E-state index >= 15 is 0 Å². The summed E-state index contributed by atoms with van der Waals surface area (Å²) in [7, 11) is 3.12. The minimum absolute atomic E-state index is 0.0735. The van der Waals surface area contributed by atoms with Crippen molar-refractivity contribution in [3.8, 4) is 29.1 Å². The summed E-state index contributed by atoms with van der Waals surface area (Å²) >= 11 is 0. The highest BCUT2D eigenvalue weighted by molar-refractivity contribution is 6.15. The van der Waals surface area contributed by atoms with Gasteiger partial charge in [-0.15, -0.1) is 0 Å². The zero-order valence-corrected chi connectivity index (χ0v) is 14.7. The molecule has 0 aliphatic carbocycles. The Balaban J connectivity index is 1.99. The van der Waals surface area contributed by atoms with Crippen molar-refractivity contribution in [2.45, 2.75) is 6.92 Å². The highest BCUT2D eigenvalue weighted by atomic mass is 16.5. The van der Waals surface area contributed by atoms with Gasteiger partial charge in [-0.25, -0.2) is 0 Å². The van der Waals surface area contributed by atoms with E-state index in [2.05, 4.69) is 0 Å². The van der Waals surface area contributed by atoms with E-state index in [0.717, 1.165) is 5.56 Å². The summed E-state index contributed by atoms with van der Waals surface area (Å²) in [6, 6.07) is 10.5. The minimum Gasteiger partial charge on any atom is -0.497 e. The maximum atomic E-state index is 12.7. The predicted molar refractivity (Wildman–Crippen MR) is 94.8 cm³/mol. The van der Waals surface area contributed by atoms with Crippen molar-refractivity contribution in [2.24, 2.45) is 0 Å². The first-order valence-corrected chi connectivity index (χ1v) is 7.88. The van der Waals surface area contributed by atoms with Gasteiger partial charge < -0.3 is 18.9 Å². The molecule has 0 radical (unpaired) electrons. The molecular formula is C20H17NO5. The van der Waals surface area contributed by atoms with Gasteiger partial charge in [0.15, 0.2) is 12.4 Å². The highest BCUT2D eigenvalue weighted by Crippen LogP contribution is 2.38. The van der Waals surface area contributed by atoms with Gasteiger partial charge in [-0.1, -0.05) is 0 Å². The van der Waals surface area contributed by atoms with Crippen molar-refractivity contribution in [2.75, 3.05) is 20.8 Å². The van der Waals surface area contributed by atoms with Crippen LogP contribution in [0.25, 0.3) is 6.08 Å². The molecule has 26 heavy (non-hydrogen) atoms. The zero-order valence-electron chi connectivity index (χ0n) is 14.7. The summed E-state index contributed by atoms with van der Waals surface area (Å²) in [5.41, 5.74) is 1.88. The number of carbonyl (C=O) groups excluding carboxylic acids is 1. The molecule has 3 rings (SSSR count). The first-order chi connectivity index (χ1) is 12.6. The topological polar surface area (TPSA) is 77.8 Å². The predicted octanol–water partition coefficient (Wildman–Crippen LogP) is 3.53. The number of ketones is 1. The second-order valence-electron chi connectivity index (χ2n) is 5.61. The third-order valence-electron chi connectivity index (χ3n) is 3.97. The van der Waals surface area contributed by atoms with Crippen LogP contribution in [0.2, 0.25) is 0 Å². The standard InChI is InChI=1S/C20H17NO5/c1-12-8-15(25-7-6-21)11-17-19(12)20(22)18(26-17)10-13-9-14(23-2)4-5-16(13)24-3/h4-5,8-11H,7H2,1-3H3/b18-10-. The van der Waals surface area contributed by atoms with Crippen molar-refractivity contribution in [1.82, 2.24) is 0 Å². The second kappa shape index (κ2) is 7.19. The van der Waals surface area contributed by atoms with Crippen molar-refractivity contribution in [3.05, 3.63) is 52.8 Å². The van der Waals surface area contributed by atoms with Gasteiger partial charge in [-0.2, -0.15) is 5.26 Å². The van der Waals surface area contributed by atoms with Gasteiger partial charge >= 0.3 is 0 Å². The molecule has 0 fully saturated rings. The Morgan fingerprint density at radius 2 is 1.96 bits per heavy atom. The zero-order chi connectivity index (χ0) is 18.7. The Morgan fingerprint density at radius 1 is 1.15 bits per heavy atom. The van der Waals surface area contributed by atoms with E-state index in [0.29, 0.717) is 34.1 Å². The molecule has 0 saturated heterocycles. The van der Waals surface area contributed by atoms with Gasteiger partial charge in [0.1, 0.15) is 29.1 Å². The number of ether oxygens (including phenoxy) is 4. The molecule has 0 spiro atoms. The molecule has 0 aromatic heterocycles. The van der Waals surface area contributed by atoms with E-state index in [1.807, 2.05) is 6.07 Å². The quantitative estimate of drug-likeness (QED) is 0.767. The number of aryl methyl sites for hydroxylation is 1. The van der Waals surface area contributed by atoms with Crippen LogP contribution in [-0.2, 0) is 0 Å². The molecule has 2 aromatic rings. The Hall–Kier alpha value is -3.46. The van der Waals surface area contributed by atoms with Gasteiger partial charge in [-0.05, 0) is 42.8 Å². The number of nitrogens with zero attached hydrogens (tertiary/aromatic N) is 1. The van der Waals surface area contributed by atoms with Crippen LogP contribution < -0.4 is 18.9 Å². The number of hydrogen-bond acceptors (Lipinski definition) is 6. The molecule has 0 amide bonds. The van der Waals surface area contributed by atoms with Crippen LogP contribution in [0.1, 0.15) is 21.5 Å². The first kappa shape index (κ1) is 17.4. The number of nitriles is 1. The molecule has 0 N–H and O–H groups in total. The van der Waals surface area contributed by atoms with Gasteiger partial charge in [0, 0.05) is 11.6 Å². The number of carbonyl (C=O) groups is 1. The molecular weight excluding hydrogens is 334 g/mol. The average molecular weight is 351 g/mol. The lowest BCUT2D eigenvalue weighted by Crippen LogP contribution is -2.00. The molecule has 2 aromatic carbocycles. The van der Waals surface area contributed by atoms with Crippen LogP contribution in [0.5, 0.6) is 23.0 Å². The second-order valence-corrected chi connectivity index (χ2v) is 5.61. The first-order valence-electron chi connectivity index (χ1n) is 7.88. The smallest absolute Gasteiger partial charge is 0.232 e. The summed E-state index contributed by atoms with van der Waals surface area (Å²) in [5, 5.41) is 8.64. The molecule has 1 aliphatic rings. The van der Waals surface area contributed by atoms with Crippen molar-refractivity contribution in [1.29, 1.82) is 5.26 Å². The molecule has 0 unspecified atom stereocenters. The molecule has 6 nitrogen and oxygen atoms in total. The fourth-order valence-electron chi connectivity index (χ4n) is 2.77. The molecule has 0 bridgehead atoms. The van der Waals surface area contributed by atoms with Gasteiger partial charge in [0.25, 0.3) is 0 Å². The molecule has 0 atom stereocenters. The van der Waals surface area contributed by atoms with E-state index in [9.17, 15) is 4.79 Å². The third-order valence-corrected chi connectivity index (χ3v) is 3.97. The summed E-state index contributed by atoms with van der Waals surface area (Å²) in [4.78, 5) is 12.7. The molecule has 1 heterocycles. The van der Waals surface area contributed by atoms with Gasteiger partial charge in [0.05, 0.1) is 19.8 Å². The Labute approximate surface area is 151 Å². The van der Waals surface area contributed by atoms with Crippen LogP contribution in [0.15, 0.2) is 36.1 Å². The van der Waals surface area contributed by atoms with Crippen LogP contribution in [0, 0.1) is 18.3 Å². The average Bonchev–Trinajstić information content (AvgIpc) is 2.95. The van der Waals surface area contributed by atoms with Crippen LogP contribution >= 0.6 is 0 Å². The number of allylic oxidation sites excluding steroid dienone is 1. The van der Waals surface area contributed by atoms with Crippen LogP contribution in [-0.4, -0.2) is 26.6 Å². The summed E-state index contributed by atoms with van der Waals surface area (Å²) in [6.07, 6.45) is 1.62. The largest absolute Gasteiger partial charge is 0.497 e. The third kappa shape index (κ3) is 3.20. The lowest BCUT2D eigenvalue weighted by molar-refractivity contribution is 0.101. The maximum Gasteiger partial charge on any atom is 0.232 e. The fourth-order valence-corrected chi connectivity index (χ4v) is 2.77.